The van der Waals surface area contributed by atoms with Gasteiger partial charge in [0.1, 0.15) is 5.82 Å². The van der Waals surface area contributed by atoms with Gasteiger partial charge >= 0.3 is 6.18 Å². The van der Waals surface area contributed by atoms with Gasteiger partial charge in [-0.1, -0.05) is 0 Å². The van der Waals surface area contributed by atoms with Crippen molar-refractivity contribution >= 4 is 21.4 Å². The number of alkyl halides is 3. The SMILES string of the molecule is O=S(=O)(c1ccc(F)cc1)N1C[C@@H]2CCCN2c2ccc(C(F)(F)F)cc21. The Balaban J connectivity index is 1.86. The highest BCUT2D eigenvalue weighted by atomic mass is 32.2. The molecule has 2 aliphatic heterocycles. The third-order valence-corrected chi connectivity index (χ3v) is 6.83. The minimum absolute atomic E-state index is 0.00676. The van der Waals surface area contributed by atoms with Gasteiger partial charge in [-0.3, -0.25) is 4.31 Å². The third-order valence-electron chi connectivity index (χ3n) is 5.04. The fourth-order valence-corrected chi connectivity index (χ4v) is 5.24. The van der Waals surface area contributed by atoms with Crippen LogP contribution in [0.5, 0.6) is 0 Å². The lowest BCUT2D eigenvalue weighted by atomic mass is 10.1. The van der Waals surface area contributed by atoms with E-state index in [2.05, 4.69) is 0 Å². The second-order valence-corrected chi connectivity index (χ2v) is 8.54. The van der Waals surface area contributed by atoms with E-state index in [4.69, 9.17) is 0 Å². The van der Waals surface area contributed by atoms with Crippen LogP contribution in [0.1, 0.15) is 18.4 Å². The summed E-state index contributed by atoms with van der Waals surface area (Å²) in [5, 5.41) is 0. The van der Waals surface area contributed by atoms with Gasteiger partial charge in [-0.15, -0.1) is 0 Å². The summed E-state index contributed by atoms with van der Waals surface area (Å²) >= 11 is 0. The summed E-state index contributed by atoms with van der Waals surface area (Å²) in [7, 11) is -4.12. The quantitative estimate of drug-likeness (QED) is 0.715. The molecule has 4 nitrogen and oxygen atoms in total. The van der Waals surface area contributed by atoms with Crippen molar-refractivity contribution in [2.24, 2.45) is 0 Å². The van der Waals surface area contributed by atoms with Crippen LogP contribution < -0.4 is 9.21 Å². The maximum Gasteiger partial charge on any atom is 0.416 e. The number of benzene rings is 2. The number of halogens is 4. The molecule has 2 aromatic carbocycles. The molecule has 2 heterocycles. The van der Waals surface area contributed by atoms with E-state index in [-0.39, 0.29) is 23.2 Å². The molecule has 9 heteroatoms. The molecule has 0 aromatic heterocycles. The zero-order valence-electron chi connectivity index (χ0n) is 14.1. The highest BCUT2D eigenvalue weighted by Gasteiger charge is 2.41. The summed E-state index contributed by atoms with van der Waals surface area (Å²) < 4.78 is 80.0. The Morgan fingerprint density at radius 2 is 1.70 bits per heavy atom. The topological polar surface area (TPSA) is 40.6 Å². The molecular formula is C18H16F4N2O2S. The molecule has 1 fully saturated rings. The van der Waals surface area contributed by atoms with Crippen molar-refractivity contribution in [2.45, 2.75) is 30.0 Å². The van der Waals surface area contributed by atoms with Crippen molar-refractivity contribution in [2.75, 3.05) is 22.3 Å². The first-order chi connectivity index (χ1) is 12.7. The van der Waals surface area contributed by atoms with E-state index >= 15 is 0 Å². The highest BCUT2D eigenvalue weighted by Crippen LogP contribution is 2.44. The first kappa shape index (κ1) is 18.1. The van der Waals surface area contributed by atoms with Crippen LogP contribution in [0, 0.1) is 5.82 Å². The molecule has 0 N–H and O–H groups in total. The summed E-state index contributed by atoms with van der Waals surface area (Å²) in [6.45, 7) is 0.738. The van der Waals surface area contributed by atoms with Crippen LogP contribution in [0.15, 0.2) is 47.4 Å². The Bertz CT molecular complexity index is 974. The molecule has 0 unspecified atom stereocenters. The minimum atomic E-state index is -4.58. The van der Waals surface area contributed by atoms with Gasteiger partial charge in [-0.2, -0.15) is 13.2 Å². The molecule has 2 aliphatic rings. The van der Waals surface area contributed by atoms with Gasteiger partial charge in [0.05, 0.1) is 28.4 Å². The first-order valence-electron chi connectivity index (χ1n) is 8.44. The van der Waals surface area contributed by atoms with Crippen LogP contribution in [0.4, 0.5) is 28.9 Å². The van der Waals surface area contributed by atoms with Crippen molar-refractivity contribution in [3.8, 4) is 0 Å². The van der Waals surface area contributed by atoms with E-state index in [9.17, 15) is 26.0 Å². The van der Waals surface area contributed by atoms with E-state index in [0.717, 1.165) is 53.5 Å². The molecule has 0 aliphatic carbocycles. The number of rotatable bonds is 2. The fourth-order valence-electron chi connectivity index (χ4n) is 3.74. The zero-order valence-corrected chi connectivity index (χ0v) is 14.9. The Kier molecular flexibility index (Phi) is 4.10. The molecule has 2 aromatic rings. The average Bonchev–Trinajstić information content (AvgIpc) is 3.09. The predicted octanol–water partition coefficient (Wildman–Crippen LogP) is 4.02. The maximum absolute atomic E-state index is 13.2. The van der Waals surface area contributed by atoms with Crippen molar-refractivity contribution in [1.82, 2.24) is 0 Å². The van der Waals surface area contributed by atoms with E-state index in [1.807, 2.05) is 4.90 Å². The summed E-state index contributed by atoms with van der Waals surface area (Å²) in [5.74, 6) is -0.589. The molecule has 4 rings (SSSR count). The Hall–Kier alpha value is -2.29. The van der Waals surface area contributed by atoms with Crippen molar-refractivity contribution < 1.29 is 26.0 Å². The summed E-state index contributed by atoms with van der Waals surface area (Å²) in [5.41, 5.74) is -0.423. The molecule has 0 radical (unpaired) electrons. The van der Waals surface area contributed by atoms with Gasteiger partial charge < -0.3 is 4.90 Å². The van der Waals surface area contributed by atoms with Gasteiger partial charge in [0, 0.05) is 12.6 Å². The van der Waals surface area contributed by atoms with Crippen LogP contribution >= 0.6 is 0 Å². The lowest BCUT2D eigenvalue weighted by molar-refractivity contribution is -0.137. The second kappa shape index (κ2) is 6.12. The lowest BCUT2D eigenvalue weighted by Crippen LogP contribution is -2.48. The van der Waals surface area contributed by atoms with Crippen molar-refractivity contribution in [3.63, 3.8) is 0 Å². The molecule has 0 saturated carbocycles. The smallest absolute Gasteiger partial charge is 0.365 e. The summed E-state index contributed by atoms with van der Waals surface area (Å²) in [6.07, 6.45) is -2.98. The average molecular weight is 400 g/mol. The largest absolute Gasteiger partial charge is 0.416 e. The molecule has 0 spiro atoms. The third kappa shape index (κ3) is 3.03. The molecule has 0 bridgehead atoms. The van der Waals surface area contributed by atoms with Crippen LogP contribution in [-0.2, 0) is 16.2 Å². The molecule has 144 valence electrons. The number of hydrogen-bond acceptors (Lipinski definition) is 3. The zero-order chi connectivity index (χ0) is 19.4. The van der Waals surface area contributed by atoms with Gasteiger partial charge in [0.15, 0.2) is 0 Å². The second-order valence-electron chi connectivity index (χ2n) is 6.68. The standard InChI is InChI=1S/C18H16F4N2O2S/c19-13-4-6-15(7-5-13)27(25,26)24-11-14-2-1-9-23(14)16-8-3-12(10-17(16)24)18(20,21)22/h3-8,10,14H,1-2,9,11H2/t14-/m0/s1. The van der Waals surface area contributed by atoms with E-state index in [1.165, 1.54) is 6.07 Å². The van der Waals surface area contributed by atoms with Gasteiger partial charge in [-0.25, -0.2) is 12.8 Å². The Morgan fingerprint density at radius 3 is 2.37 bits per heavy atom. The van der Waals surface area contributed by atoms with Gasteiger partial charge in [0.2, 0.25) is 0 Å². The maximum atomic E-state index is 13.2. The number of nitrogens with zero attached hydrogens (tertiary/aromatic N) is 2. The van der Waals surface area contributed by atoms with Gasteiger partial charge in [-0.05, 0) is 55.3 Å². The van der Waals surface area contributed by atoms with E-state index in [0.29, 0.717) is 12.2 Å². The molecule has 0 amide bonds. The predicted molar refractivity (Wildman–Crippen MR) is 92.7 cm³/mol. The van der Waals surface area contributed by atoms with E-state index < -0.39 is 27.6 Å². The van der Waals surface area contributed by atoms with Gasteiger partial charge in [0.25, 0.3) is 10.0 Å². The lowest BCUT2D eigenvalue weighted by Gasteiger charge is -2.40. The van der Waals surface area contributed by atoms with Crippen LogP contribution in [0.2, 0.25) is 0 Å². The Morgan fingerprint density at radius 1 is 1.00 bits per heavy atom. The molecule has 27 heavy (non-hydrogen) atoms. The fraction of sp³-hybridized carbons (Fsp3) is 0.333. The Labute approximate surface area is 154 Å². The highest BCUT2D eigenvalue weighted by molar-refractivity contribution is 7.92. The normalized spacial score (nSPS) is 19.8. The molecule has 1 atom stereocenters. The molecular weight excluding hydrogens is 384 g/mol. The van der Waals surface area contributed by atoms with Crippen LogP contribution in [0.3, 0.4) is 0 Å². The van der Waals surface area contributed by atoms with Crippen LogP contribution in [-0.4, -0.2) is 27.5 Å². The van der Waals surface area contributed by atoms with Crippen LogP contribution in [0.25, 0.3) is 0 Å². The van der Waals surface area contributed by atoms with Crippen molar-refractivity contribution in [1.29, 1.82) is 0 Å². The minimum Gasteiger partial charge on any atom is -0.365 e. The number of hydrogen-bond donors (Lipinski definition) is 0. The molecule has 1 saturated heterocycles. The summed E-state index contributed by atoms with van der Waals surface area (Å²) in [6, 6.07) is 7.38. The monoisotopic (exact) mass is 400 g/mol. The number of fused-ring (bicyclic) bond motifs is 3. The van der Waals surface area contributed by atoms with Crippen molar-refractivity contribution in [3.05, 3.63) is 53.8 Å². The number of anilines is 2. The number of sulfonamides is 1. The van der Waals surface area contributed by atoms with E-state index in [1.54, 1.807) is 0 Å². The summed E-state index contributed by atoms with van der Waals surface area (Å²) in [4.78, 5) is 1.81. The first-order valence-corrected chi connectivity index (χ1v) is 9.88.